The van der Waals surface area contributed by atoms with Crippen LogP contribution in [0, 0.1) is 10.8 Å². The van der Waals surface area contributed by atoms with Crippen molar-refractivity contribution < 1.29 is 24.6 Å². The predicted octanol–water partition coefficient (Wildman–Crippen LogP) is 3.90. The highest BCUT2D eigenvalue weighted by molar-refractivity contribution is 5.78. The minimum atomic E-state index is -0.806. The van der Waals surface area contributed by atoms with Gasteiger partial charge in [0.2, 0.25) is 0 Å². The lowest BCUT2D eigenvalue weighted by atomic mass is 9.86. The van der Waals surface area contributed by atoms with Crippen LogP contribution in [0.3, 0.4) is 0 Å². The Morgan fingerprint density at radius 3 is 1.27 bits per heavy atom. The zero-order chi connectivity index (χ0) is 17.4. The summed E-state index contributed by atoms with van der Waals surface area (Å²) in [5.74, 6) is -1.43. The van der Waals surface area contributed by atoms with Gasteiger partial charge in [0.1, 0.15) is 5.78 Å². The van der Waals surface area contributed by atoms with Crippen LogP contribution in [-0.4, -0.2) is 27.9 Å². The van der Waals surface area contributed by atoms with Crippen LogP contribution in [0.15, 0.2) is 0 Å². The van der Waals surface area contributed by atoms with Gasteiger partial charge in [-0.1, -0.05) is 12.8 Å². The van der Waals surface area contributed by atoms with E-state index in [1.165, 1.54) is 0 Å². The first-order valence-corrected chi connectivity index (χ1v) is 7.97. The second kappa shape index (κ2) is 8.91. The van der Waals surface area contributed by atoms with Crippen molar-refractivity contribution in [3.8, 4) is 0 Å². The van der Waals surface area contributed by atoms with Gasteiger partial charge in [-0.05, 0) is 53.4 Å². The smallest absolute Gasteiger partial charge is 0.309 e. The Morgan fingerprint density at radius 2 is 1.00 bits per heavy atom. The first kappa shape index (κ1) is 20.6. The molecule has 0 amide bonds. The van der Waals surface area contributed by atoms with Crippen molar-refractivity contribution in [2.45, 2.75) is 79.1 Å². The largest absolute Gasteiger partial charge is 0.481 e. The lowest BCUT2D eigenvalue weighted by Gasteiger charge is -2.18. The Balaban J connectivity index is 3.76. The van der Waals surface area contributed by atoms with Crippen LogP contribution in [0.1, 0.15) is 79.1 Å². The third-order valence-electron chi connectivity index (χ3n) is 4.17. The normalized spacial score (nSPS) is 12.2. The highest BCUT2D eigenvalue weighted by Gasteiger charge is 2.27. The Bertz CT molecular complexity index is 360. The summed E-state index contributed by atoms with van der Waals surface area (Å²) >= 11 is 0. The summed E-state index contributed by atoms with van der Waals surface area (Å²) in [5.41, 5.74) is -1.46. The molecule has 0 rings (SSSR count). The van der Waals surface area contributed by atoms with Crippen LogP contribution >= 0.6 is 0 Å². The maximum Gasteiger partial charge on any atom is 0.309 e. The van der Waals surface area contributed by atoms with E-state index in [2.05, 4.69) is 0 Å². The first-order valence-electron chi connectivity index (χ1n) is 7.97. The molecule has 0 saturated carbocycles. The minimum Gasteiger partial charge on any atom is -0.481 e. The van der Waals surface area contributed by atoms with Gasteiger partial charge in [-0.3, -0.25) is 14.4 Å². The summed E-state index contributed by atoms with van der Waals surface area (Å²) in [4.78, 5) is 33.6. The van der Waals surface area contributed by atoms with Gasteiger partial charge in [-0.2, -0.15) is 0 Å². The average Bonchev–Trinajstić information content (AvgIpc) is 2.39. The number of carbonyl (C=O) groups excluding carboxylic acids is 1. The molecule has 0 atom stereocenters. The maximum atomic E-state index is 11.7. The van der Waals surface area contributed by atoms with Gasteiger partial charge in [-0.15, -0.1) is 0 Å². The highest BCUT2D eigenvalue weighted by Crippen LogP contribution is 2.25. The third-order valence-corrected chi connectivity index (χ3v) is 4.17. The van der Waals surface area contributed by atoms with Gasteiger partial charge < -0.3 is 10.2 Å². The summed E-state index contributed by atoms with van der Waals surface area (Å²) in [6.07, 6.45) is 5.02. The number of carboxylic acid groups (broad SMARTS) is 2. The fourth-order valence-electron chi connectivity index (χ4n) is 2.12. The molecule has 0 saturated heterocycles. The monoisotopic (exact) mass is 314 g/mol. The highest BCUT2D eigenvalue weighted by atomic mass is 16.4. The van der Waals surface area contributed by atoms with Gasteiger partial charge in [0, 0.05) is 12.8 Å². The number of hydrogen-bond donors (Lipinski definition) is 2. The van der Waals surface area contributed by atoms with Crippen molar-refractivity contribution in [1.29, 1.82) is 0 Å². The molecule has 0 aromatic carbocycles. The number of Topliss-reactive ketones (excluding diaryl/α,β-unsaturated/α-hetero) is 1. The number of ketones is 1. The molecule has 2 N–H and O–H groups in total. The molecule has 0 aliphatic carbocycles. The number of hydrogen-bond acceptors (Lipinski definition) is 3. The van der Waals surface area contributed by atoms with Crippen molar-refractivity contribution >= 4 is 17.7 Å². The molecule has 5 nitrogen and oxygen atoms in total. The molecule has 0 aliphatic rings. The van der Waals surface area contributed by atoms with E-state index in [1.807, 2.05) is 0 Å². The van der Waals surface area contributed by atoms with Crippen molar-refractivity contribution in [3.05, 3.63) is 0 Å². The zero-order valence-electron chi connectivity index (χ0n) is 14.3. The van der Waals surface area contributed by atoms with E-state index in [0.717, 1.165) is 25.7 Å². The quantitative estimate of drug-likeness (QED) is 0.533. The fourth-order valence-corrected chi connectivity index (χ4v) is 2.12. The molecule has 128 valence electrons. The second-order valence-corrected chi connectivity index (χ2v) is 7.33. The molecular weight excluding hydrogens is 284 g/mol. The van der Waals surface area contributed by atoms with E-state index in [0.29, 0.717) is 25.7 Å². The summed E-state index contributed by atoms with van der Waals surface area (Å²) in [6, 6.07) is 0. The minimum absolute atomic E-state index is 0.182. The van der Waals surface area contributed by atoms with Crippen molar-refractivity contribution in [1.82, 2.24) is 0 Å². The van der Waals surface area contributed by atoms with E-state index in [9.17, 15) is 14.4 Å². The SMILES string of the molecule is CC(C)(CCCCC(=O)CCCCC(C)(C)C(=O)O)C(=O)O. The van der Waals surface area contributed by atoms with Crippen molar-refractivity contribution in [2.75, 3.05) is 0 Å². The molecule has 0 bridgehead atoms. The lowest BCUT2D eigenvalue weighted by Crippen LogP contribution is -2.23. The van der Waals surface area contributed by atoms with E-state index >= 15 is 0 Å². The Morgan fingerprint density at radius 1 is 0.682 bits per heavy atom. The molecule has 0 aromatic heterocycles. The predicted molar refractivity (Wildman–Crippen MR) is 84.8 cm³/mol. The standard InChI is InChI=1S/C17H30O5/c1-16(2,14(19)20)11-7-5-9-13(18)10-6-8-12-17(3,4)15(21)22/h5-12H2,1-4H3,(H,19,20)(H,21,22). The topological polar surface area (TPSA) is 91.7 Å². The maximum absolute atomic E-state index is 11.7. The Hall–Kier alpha value is -1.39. The molecule has 0 spiro atoms. The van der Waals surface area contributed by atoms with Crippen LogP contribution in [0.2, 0.25) is 0 Å². The van der Waals surface area contributed by atoms with E-state index in [-0.39, 0.29) is 5.78 Å². The Labute approximate surface area is 133 Å². The van der Waals surface area contributed by atoms with Crippen LogP contribution in [-0.2, 0) is 14.4 Å². The van der Waals surface area contributed by atoms with Gasteiger partial charge in [-0.25, -0.2) is 0 Å². The molecule has 0 heterocycles. The molecule has 0 aliphatic heterocycles. The van der Waals surface area contributed by atoms with Crippen LogP contribution < -0.4 is 0 Å². The molecule has 22 heavy (non-hydrogen) atoms. The molecule has 0 aromatic rings. The average molecular weight is 314 g/mol. The van der Waals surface area contributed by atoms with E-state index < -0.39 is 22.8 Å². The Kier molecular flexibility index (Phi) is 8.35. The first-order chi connectivity index (χ1) is 9.99. The lowest BCUT2D eigenvalue weighted by molar-refractivity contribution is -0.148. The van der Waals surface area contributed by atoms with Gasteiger partial charge >= 0.3 is 11.9 Å². The van der Waals surface area contributed by atoms with Crippen molar-refractivity contribution in [2.24, 2.45) is 10.8 Å². The summed E-state index contributed by atoms with van der Waals surface area (Å²) in [6.45, 7) is 6.78. The number of unbranched alkanes of at least 4 members (excludes halogenated alkanes) is 2. The van der Waals surface area contributed by atoms with Crippen LogP contribution in [0.25, 0.3) is 0 Å². The number of carbonyl (C=O) groups is 3. The fraction of sp³-hybridized carbons (Fsp3) is 0.824. The third kappa shape index (κ3) is 8.15. The van der Waals surface area contributed by atoms with Gasteiger partial charge in [0.15, 0.2) is 0 Å². The molecule has 0 fully saturated rings. The molecule has 0 unspecified atom stereocenters. The number of rotatable bonds is 12. The molecule has 0 radical (unpaired) electrons. The number of aliphatic carboxylic acids is 2. The summed E-state index contributed by atoms with van der Waals surface area (Å²) in [5, 5.41) is 18.0. The van der Waals surface area contributed by atoms with Gasteiger partial charge in [0.05, 0.1) is 10.8 Å². The van der Waals surface area contributed by atoms with Crippen molar-refractivity contribution in [3.63, 3.8) is 0 Å². The summed E-state index contributed by atoms with van der Waals surface area (Å²) < 4.78 is 0. The molecule has 5 heteroatoms. The van der Waals surface area contributed by atoms with Gasteiger partial charge in [0.25, 0.3) is 0 Å². The zero-order valence-corrected chi connectivity index (χ0v) is 14.3. The van der Waals surface area contributed by atoms with Crippen LogP contribution in [0.5, 0.6) is 0 Å². The van der Waals surface area contributed by atoms with E-state index in [4.69, 9.17) is 10.2 Å². The second-order valence-electron chi connectivity index (χ2n) is 7.33. The molecular formula is C17H30O5. The number of carboxylic acids is 2. The summed E-state index contributed by atoms with van der Waals surface area (Å²) in [7, 11) is 0. The van der Waals surface area contributed by atoms with Crippen LogP contribution in [0.4, 0.5) is 0 Å². The van der Waals surface area contributed by atoms with E-state index in [1.54, 1.807) is 27.7 Å².